The zero-order valence-corrected chi connectivity index (χ0v) is 69.4. The van der Waals surface area contributed by atoms with E-state index in [1.165, 1.54) is 257 Å². The Kier molecular flexibility index (Phi) is 74.1. The predicted octanol–water partition coefficient (Wildman–Crippen LogP) is 25.5. The van der Waals surface area contributed by atoms with Crippen LogP contribution in [0.5, 0.6) is 0 Å². The third-order valence-corrected chi connectivity index (χ3v) is 22.0. The van der Waals surface area contributed by atoms with Crippen LogP contribution >= 0.6 is 15.6 Å². The van der Waals surface area contributed by atoms with E-state index in [1.807, 2.05) is 0 Å². The molecule has 0 bridgehead atoms. The van der Waals surface area contributed by atoms with E-state index in [0.29, 0.717) is 25.7 Å². The zero-order chi connectivity index (χ0) is 75.6. The van der Waals surface area contributed by atoms with Crippen LogP contribution in [0.2, 0.25) is 0 Å². The van der Waals surface area contributed by atoms with Crippen LogP contribution in [0.1, 0.15) is 446 Å². The maximum atomic E-state index is 13.1. The molecule has 0 radical (unpaired) electrons. The van der Waals surface area contributed by atoms with Crippen LogP contribution in [0.4, 0.5) is 0 Å². The van der Waals surface area contributed by atoms with Crippen LogP contribution in [0.15, 0.2) is 0 Å². The lowest BCUT2D eigenvalue weighted by atomic mass is 10.00. The van der Waals surface area contributed by atoms with Gasteiger partial charge in [-0.3, -0.25) is 37.3 Å². The predicted molar refractivity (Wildman–Crippen MR) is 423 cm³/mol. The number of ether oxygens (including phenoxy) is 4. The first-order valence-corrected chi connectivity index (χ1v) is 46.5. The highest BCUT2D eigenvalue weighted by molar-refractivity contribution is 7.47. The molecular formula is C84H164O17P2. The van der Waals surface area contributed by atoms with E-state index < -0.39 is 97.5 Å². The molecule has 0 rings (SSSR count). The van der Waals surface area contributed by atoms with Crippen molar-refractivity contribution < 1.29 is 80.2 Å². The summed E-state index contributed by atoms with van der Waals surface area (Å²) >= 11 is 0. The fourth-order valence-electron chi connectivity index (χ4n) is 13.0. The molecule has 612 valence electrons. The normalized spacial score (nSPS) is 14.1. The lowest BCUT2D eigenvalue weighted by Gasteiger charge is -2.21. The van der Waals surface area contributed by atoms with E-state index in [0.717, 1.165) is 108 Å². The Morgan fingerprint density at radius 3 is 0.738 bits per heavy atom. The van der Waals surface area contributed by atoms with Gasteiger partial charge in [0.05, 0.1) is 26.4 Å². The summed E-state index contributed by atoms with van der Waals surface area (Å²) in [6.45, 7) is 9.64. The summed E-state index contributed by atoms with van der Waals surface area (Å²) in [4.78, 5) is 73.1. The second-order valence-corrected chi connectivity index (χ2v) is 33.8. The molecule has 0 fully saturated rings. The Hall–Kier alpha value is -1.94. The number of esters is 4. The molecule has 17 nitrogen and oxygen atoms in total. The molecule has 0 heterocycles. The molecule has 103 heavy (non-hydrogen) atoms. The quantitative estimate of drug-likeness (QED) is 0.0222. The largest absolute Gasteiger partial charge is 0.472 e. The van der Waals surface area contributed by atoms with Crippen LogP contribution in [0.25, 0.3) is 0 Å². The van der Waals surface area contributed by atoms with Gasteiger partial charge in [0.1, 0.15) is 19.3 Å². The number of aliphatic hydroxyl groups excluding tert-OH is 1. The Morgan fingerprint density at radius 1 is 0.282 bits per heavy atom. The minimum atomic E-state index is -4.96. The summed E-state index contributed by atoms with van der Waals surface area (Å²) in [7, 11) is -9.92. The molecule has 0 aromatic heterocycles. The maximum Gasteiger partial charge on any atom is 0.472 e. The highest BCUT2D eigenvalue weighted by Gasteiger charge is 2.30. The van der Waals surface area contributed by atoms with E-state index in [-0.39, 0.29) is 25.7 Å². The summed E-state index contributed by atoms with van der Waals surface area (Å²) < 4.78 is 68.8. The molecule has 0 aromatic carbocycles. The molecule has 6 atom stereocenters. The van der Waals surface area contributed by atoms with Gasteiger partial charge in [-0.1, -0.05) is 395 Å². The standard InChI is InChI=1S/C84H164O17P2/c1-7-10-12-14-16-18-20-22-24-25-26-27-28-29-32-37-41-45-49-57-63-69-83(88)100-79(72-94-81(86)66-60-54-47-43-39-36-33-30-31-34-38-42-46-52-58-64-76(4)5)74-98-102(90,91)96-70-78(85)71-97-103(92,93)99-75-80(73-95-82(87)67-61-55-51-50-53-59-65-77(6)9-3)101-84(89)68-62-56-48-44-40-35-23-21-19-17-15-13-11-8-2/h76-80,85H,7-75H2,1-6H3,(H,90,91)(H,92,93)/t77?,78-,79-,80-/m1/s1. The first-order chi connectivity index (χ1) is 49.9. The SMILES string of the molecule is CCCCCCCCCCCCCCCCCCCCCCCC(=O)O[C@H](COC(=O)CCCCCCCCCCCCCCCCCC(C)C)COP(=O)(O)OC[C@@H](O)COP(=O)(O)OC[C@@H](COC(=O)CCCCCCCCC(C)CC)OC(=O)CCCCCCCCCCCCCCCC. The van der Waals surface area contributed by atoms with E-state index >= 15 is 0 Å². The van der Waals surface area contributed by atoms with Crippen LogP contribution in [0, 0.1) is 11.8 Å². The number of carbonyl (C=O) groups excluding carboxylic acids is 4. The second-order valence-electron chi connectivity index (χ2n) is 30.9. The third-order valence-electron chi connectivity index (χ3n) is 20.1. The number of aliphatic hydroxyl groups is 1. The lowest BCUT2D eigenvalue weighted by molar-refractivity contribution is -0.161. The molecule has 0 aliphatic rings. The molecule has 0 spiro atoms. The first-order valence-electron chi connectivity index (χ1n) is 43.5. The van der Waals surface area contributed by atoms with Gasteiger partial charge in [0.2, 0.25) is 0 Å². The Bertz CT molecular complexity index is 1980. The number of carbonyl (C=O) groups is 4. The van der Waals surface area contributed by atoms with E-state index in [4.69, 9.17) is 37.0 Å². The number of unbranched alkanes of at least 4 members (excludes halogenated alkanes) is 52. The summed E-state index contributed by atoms with van der Waals surface area (Å²) in [5.41, 5.74) is 0. The van der Waals surface area contributed by atoms with Crippen molar-refractivity contribution in [3.63, 3.8) is 0 Å². The second kappa shape index (κ2) is 75.5. The fourth-order valence-corrected chi connectivity index (χ4v) is 14.6. The van der Waals surface area contributed by atoms with E-state index in [2.05, 4.69) is 41.5 Å². The average molecular weight is 1510 g/mol. The van der Waals surface area contributed by atoms with Crippen molar-refractivity contribution in [3.05, 3.63) is 0 Å². The topological polar surface area (TPSA) is 237 Å². The molecule has 0 aliphatic heterocycles. The van der Waals surface area contributed by atoms with Crippen molar-refractivity contribution >= 4 is 39.5 Å². The third kappa shape index (κ3) is 76.6. The number of hydrogen-bond donors (Lipinski definition) is 3. The van der Waals surface area contributed by atoms with Gasteiger partial charge in [-0.25, -0.2) is 9.13 Å². The molecular weight excluding hydrogens is 1340 g/mol. The molecule has 0 saturated carbocycles. The highest BCUT2D eigenvalue weighted by Crippen LogP contribution is 2.45. The summed E-state index contributed by atoms with van der Waals surface area (Å²) in [5.74, 6) is -0.568. The molecule has 0 saturated heterocycles. The van der Waals surface area contributed by atoms with Gasteiger partial charge in [0.15, 0.2) is 12.2 Å². The number of hydrogen-bond acceptors (Lipinski definition) is 15. The summed E-state index contributed by atoms with van der Waals surface area (Å²) in [5, 5.41) is 10.7. The van der Waals surface area contributed by atoms with E-state index in [1.54, 1.807) is 0 Å². The van der Waals surface area contributed by atoms with Crippen molar-refractivity contribution in [2.45, 2.75) is 464 Å². The van der Waals surface area contributed by atoms with Crippen molar-refractivity contribution in [2.24, 2.45) is 11.8 Å². The molecule has 0 aromatic rings. The van der Waals surface area contributed by atoms with Crippen molar-refractivity contribution in [2.75, 3.05) is 39.6 Å². The monoisotopic (exact) mass is 1510 g/mol. The number of phosphoric acid groups is 2. The van der Waals surface area contributed by atoms with Crippen LogP contribution in [-0.4, -0.2) is 96.7 Å². The van der Waals surface area contributed by atoms with Gasteiger partial charge < -0.3 is 33.8 Å². The average Bonchev–Trinajstić information content (AvgIpc) is 0.932. The van der Waals surface area contributed by atoms with Gasteiger partial charge in [0, 0.05) is 25.7 Å². The molecule has 0 aliphatic carbocycles. The molecule has 3 unspecified atom stereocenters. The van der Waals surface area contributed by atoms with Gasteiger partial charge in [-0.05, 0) is 37.5 Å². The summed E-state index contributed by atoms with van der Waals surface area (Å²) in [6, 6.07) is 0. The van der Waals surface area contributed by atoms with Crippen LogP contribution in [0.3, 0.4) is 0 Å². The van der Waals surface area contributed by atoms with Crippen LogP contribution < -0.4 is 0 Å². The smallest absolute Gasteiger partial charge is 0.462 e. The van der Waals surface area contributed by atoms with Gasteiger partial charge in [0.25, 0.3) is 0 Å². The van der Waals surface area contributed by atoms with Crippen molar-refractivity contribution in [1.29, 1.82) is 0 Å². The van der Waals surface area contributed by atoms with Crippen LogP contribution in [-0.2, 0) is 65.4 Å². The maximum absolute atomic E-state index is 13.1. The summed E-state index contributed by atoms with van der Waals surface area (Å²) in [6.07, 6.45) is 66.7. The first kappa shape index (κ1) is 101. The van der Waals surface area contributed by atoms with Gasteiger partial charge in [-0.2, -0.15) is 0 Å². The minimum absolute atomic E-state index is 0.107. The van der Waals surface area contributed by atoms with Crippen molar-refractivity contribution in [3.8, 4) is 0 Å². The Labute approximate surface area is 632 Å². The lowest BCUT2D eigenvalue weighted by Crippen LogP contribution is -2.30. The number of rotatable bonds is 83. The molecule has 3 N–H and O–H groups in total. The zero-order valence-electron chi connectivity index (χ0n) is 67.6. The van der Waals surface area contributed by atoms with Gasteiger partial charge >= 0.3 is 39.5 Å². The number of phosphoric ester groups is 2. The Morgan fingerprint density at radius 2 is 0.495 bits per heavy atom. The van der Waals surface area contributed by atoms with Gasteiger partial charge in [-0.15, -0.1) is 0 Å². The molecule has 0 amide bonds. The fraction of sp³-hybridized carbons (Fsp3) is 0.952. The van der Waals surface area contributed by atoms with E-state index in [9.17, 15) is 43.2 Å². The molecule has 19 heteroatoms. The highest BCUT2D eigenvalue weighted by atomic mass is 31.2. The minimum Gasteiger partial charge on any atom is -0.462 e. The van der Waals surface area contributed by atoms with Crippen molar-refractivity contribution in [1.82, 2.24) is 0 Å². The Balaban J connectivity index is 5.23.